The lowest BCUT2D eigenvalue weighted by molar-refractivity contribution is -0.142. The highest BCUT2D eigenvalue weighted by molar-refractivity contribution is 5.66. The minimum Gasteiger partial charge on any atom is -0.481 e. The summed E-state index contributed by atoms with van der Waals surface area (Å²) in [5, 5.41) is 16.0. The monoisotopic (exact) mass is 222 g/mol. The standard InChI is InChI=1S/C6H12O4.C3H6O2/c1-6(8)10-5-4-9-3-2-7;1-2-3(4)5/h7H,2-5H2,1H3;2H2,1H3,(H,4,5). The smallest absolute Gasteiger partial charge is 0.303 e. The summed E-state index contributed by atoms with van der Waals surface area (Å²) < 4.78 is 9.35. The number of carboxylic acid groups (broad SMARTS) is 1. The molecule has 0 saturated heterocycles. The van der Waals surface area contributed by atoms with E-state index in [1.807, 2.05) is 0 Å². The van der Waals surface area contributed by atoms with E-state index >= 15 is 0 Å². The van der Waals surface area contributed by atoms with Gasteiger partial charge in [-0.15, -0.1) is 0 Å². The predicted molar refractivity (Wildman–Crippen MR) is 52.5 cm³/mol. The van der Waals surface area contributed by atoms with Gasteiger partial charge in [-0.1, -0.05) is 6.92 Å². The van der Waals surface area contributed by atoms with E-state index in [4.69, 9.17) is 14.9 Å². The second-order valence-electron chi connectivity index (χ2n) is 2.42. The molecule has 6 nitrogen and oxygen atoms in total. The Bertz CT molecular complexity index is 168. The molecule has 0 atom stereocenters. The van der Waals surface area contributed by atoms with Gasteiger partial charge in [0.15, 0.2) is 0 Å². The van der Waals surface area contributed by atoms with Crippen LogP contribution in [0.1, 0.15) is 20.3 Å². The third kappa shape index (κ3) is 24.6. The average Bonchev–Trinajstić information content (AvgIpc) is 2.18. The Labute approximate surface area is 88.8 Å². The molecule has 90 valence electrons. The Kier molecular flexibility index (Phi) is 14.0. The van der Waals surface area contributed by atoms with Crippen molar-refractivity contribution in [2.45, 2.75) is 20.3 Å². The van der Waals surface area contributed by atoms with Gasteiger partial charge in [0.2, 0.25) is 0 Å². The third-order valence-corrected chi connectivity index (χ3v) is 1.07. The van der Waals surface area contributed by atoms with Crippen molar-refractivity contribution in [3.8, 4) is 0 Å². The van der Waals surface area contributed by atoms with E-state index in [-0.39, 0.29) is 25.6 Å². The van der Waals surface area contributed by atoms with Crippen LogP contribution in [-0.2, 0) is 19.1 Å². The Morgan fingerprint density at radius 2 is 1.73 bits per heavy atom. The van der Waals surface area contributed by atoms with Gasteiger partial charge < -0.3 is 19.7 Å². The maximum atomic E-state index is 10.1. The van der Waals surface area contributed by atoms with Gasteiger partial charge >= 0.3 is 11.9 Å². The maximum Gasteiger partial charge on any atom is 0.303 e. The molecule has 0 aromatic carbocycles. The van der Waals surface area contributed by atoms with Crippen LogP contribution in [0.25, 0.3) is 0 Å². The minimum atomic E-state index is -0.745. The number of esters is 1. The van der Waals surface area contributed by atoms with Crippen molar-refractivity contribution in [3.63, 3.8) is 0 Å². The fraction of sp³-hybridized carbons (Fsp3) is 0.778. The van der Waals surface area contributed by atoms with Gasteiger partial charge in [-0.2, -0.15) is 0 Å². The Morgan fingerprint density at radius 3 is 2.07 bits per heavy atom. The number of rotatable bonds is 6. The first-order valence-corrected chi connectivity index (χ1v) is 4.58. The number of hydrogen-bond acceptors (Lipinski definition) is 5. The molecule has 0 unspecified atom stereocenters. The molecule has 0 radical (unpaired) electrons. The van der Waals surface area contributed by atoms with Gasteiger partial charge in [-0.05, 0) is 0 Å². The zero-order valence-electron chi connectivity index (χ0n) is 9.06. The summed E-state index contributed by atoms with van der Waals surface area (Å²) in [6.45, 7) is 3.84. The van der Waals surface area contributed by atoms with Crippen molar-refractivity contribution < 1.29 is 29.3 Å². The predicted octanol–water partition coefficient (Wildman–Crippen LogP) is 0.0394. The molecular formula is C9H18O6. The second-order valence-corrected chi connectivity index (χ2v) is 2.42. The van der Waals surface area contributed by atoms with E-state index in [0.717, 1.165) is 0 Å². The molecule has 0 bridgehead atoms. The van der Waals surface area contributed by atoms with E-state index in [9.17, 15) is 9.59 Å². The minimum absolute atomic E-state index is 0.0000709. The van der Waals surface area contributed by atoms with E-state index in [0.29, 0.717) is 13.2 Å². The second kappa shape index (κ2) is 12.9. The SMILES string of the molecule is CC(=O)OCCOCCO.CCC(=O)O. The summed E-state index contributed by atoms with van der Waals surface area (Å²) in [7, 11) is 0. The third-order valence-electron chi connectivity index (χ3n) is 1.07. The molecule has 0 heterocycles. The van der Waals surface area contributed by atoms with Gasteiger partial charge in [0.05, 0.1) is 19.8 Å². The molecule has 0 amide bonds. The van der Waals surface area contributed by atoms with Gasteiger partial charge in [0.1, 0.15) is 6.61 Å². The quantitative estimate of drug-likeness (QED) is 0.487. The number of aliphatic carboxylic acids is 1. The van der Waals surface area contributed by atoms with Crippen molar-refractivity contribution in [2.75, 3.05) is 26.4 Å². The normalized spacial score (nSPS) is 8.73. The first kappa shape index (κ1) is 16.3. The molecule has 6 heteroatoms. The fourth-order valence-corrected chi connectivity index (χ4v) is 0.411. The number of carbonyl (C=O) groups excluding carboxylic acids is 1. The lowest BCUT2D eigenvalue weighted by Gasteiger charge is -2.01. The summed E-state index contributed by atoms with van der Waals surface area (Å²) in [5.74, 6) is -1.06. The number of hydrogen-bond donors (Lipinski definition) is 2. The summed E-state index contributed by atoms with van der Waals surface area (Å²) in [6.07, 6.45) is 0.222. The van der Waals surface area contributed by atoms with Gasteiger partial charge in [0.25, 0.3) is 0 Å². The Morgan fingerprint density at radius 1 is 1.20 bits per heavy atom. The van der Waals surface area contributed by atoms with Crippen molar-refractivity contribution >= 4 is 11.9 Å². The highest BCUT2D eigenvalue weighted by Gasteiger charge is 1.90. The summed E-state index contributed by atoms with van der Waals surface area (Å²) in [4.78, 5) is 19.5. The van der Waals surface area contributed by atoms with E-state index < -0.39 is 5.97 Å². The van der Waals surface area contributed by atoms with Crippen LogP contribution in [-0.4, -0.2) is 48.6 Å². The summed E-state index contributed by atoms with van der Waals surface area (Å²) >= 11 is 0. The lowest BCUT2D eigenvalue weighted by atomic mass is 10.5. The summed E-state index contributed by atoms with van der Waals surface area (Å²) in [5.41, 5.74) is 0. The van der Waals surface area contributed by atoms with Crippen LogP contribution in [0.2, 0.25) is 0 Å². The average molecular weight is 222 g/mol. The van der Waals surface area contributed by atoms with Crippen molar-refractivity contribution in [3.05, 3.63) is 0 Å². The van der Waals surface area contributed by atoms with Crippen molar-refractivity contribution in [1.82, 2.24) is 0 Å². The van der Waals surface area contributed by atoms with Gasteiger partial charge in [-0.25, -0.2) is 0 Å². The molecule has 0 aliphatic rings. The highest BCUT2D eigenvalue weighted by Crippen LogP contribution is 1.78. The number of aliphatic hydroxyl groups excluding tert-OH is 1. The summed E-state index contributed by atoms with van der Waals surface area (Å²) in [6, 6.07) is 0. The molecule has 0 fully saturated rings. The first-order chi connectivity index (χ1) is 7.04. The molecule has 0 aliphatic carbocycles. The van der Waals surface area contributed by atoms with Crippen LogP contribution in [0, 0.1) is 0 Å². The van der Waals surface area contributed by atoms with Gasteiger partial charge in [0, 0.05) is 13.3 Å². The number of carbonyl (C=O) groups is 2. The maximum absolute atomic E-state index is 10.1. The molecule has 0 aliphatic heterocycles. The van der Waals surface area contributed by atoms with Crippen LogP contribution in [0.4, 0.5) is 0 Å². The molecule has 0 saturated carbocycles. The largest absolute Gasteiger partial charge is 0.481 e. The molecular weight excluding hydrogens is 204 g/mol. The van der Waals surface area contributed by atoms with Crippen LogP contribution in [0.15, 0.2) is 0 Å². The van der Waals surface area contributed by atoms with Crippen LogP contribution in [0.3, 0.4) is 0 Å². The van der Waals surface area contributed by atoms with E-state index in [1.54, 1.807) is 6.92 Å². The van der Waals surface area contributed by atoms with Crippen LogP contribution < -0.4 is 0 Å². The highest BCUT2D eigenvalue weighted by atomic mass is 16.6. The van der Waals surface area contributed by atoms with E-state index in [2.05, 4.69) is 4.74 Å². The molecule has 15 heavy (non-hydrogen) atoms. The van der Waals surface area contributed by atoms with E-state index in [1.165, 1.54) is 6.92 Å². The number of aliphatic hydroxyl groups is 1. The number of ether oxygens (including phenoxy) is 2. The molecule has 0 spiro atoms. The number of carboxylic acids is 1. The van der Waals surface area contributed by atoms with Crippen LogP contribution in [0.5, 0.6) is 0 Å². The van der Waals surface area contributed by atoms with Crippen LogP contribution >= 0.6 is 0 Å². The molecule has 0 rings (SSSR count). The fourth-order valence-electron chi connectivity index (χ4n) is 0.411. The van der Waals surface area contributed by atoms with Crippen molar-refractivity contribution in [2.24, 2.45) is 0 Å². The van der Waals surface area contributed by atoms with Crippen molar-refractivity contribution in [1.29, 1.82) is 0 Å². The zero-order valence-corrected chi connectivity index (χ0v) is 9.06. The zero-order chi connectivity index (χ0) is 12.1. The molecule has 2 N–H and O–H groups in total. The Hall–Kier alpha value is -1.14. The molecule has 0 aromatic rings. The lowest BCUT2D eigenvalue weighted by Crippen LogP contribution is -2.09. The Balaban J connectivity index is 0. The topological polar surface area (TPSA) is 93.1 Å². The first-order valence-electron chi connectivity index (χ1n) is 4.58. The van der Waals surface area contributed by atoms with Gasteiger partial charge in [-0.3, -0.25) is 9.59 Å². The molecule has 0 aromatic heterocycles.